The molecule has 0 bridgehead atoms. The summed E-state index contributed by atoms with van der Waals surface area (Å²) in [6.45, 7) is 7.11. The second-order valence-electron chi connectivity index (χ2n) is 4.05. The maximum atomic E-state index is 12.0. The maximum Gasteiger partial charge on any atom is 0.254 e. The van der Waals surface area contributed by atoms with E-state index < -0.39 is 0 Å². The minimum absolute atomic E-state index is 0.123. The molecule has 0 aliphatic carbocycles. The summed E-state index contributed by atoms with van der Waals surface area (Å²) in [4.78, 5) is 12.0. The number of aromatic nitrogens is 1. The first-order valence-corrected chi connectivity index (χ1v) is 6.08. The number of rotatable bonds is 4. The fraction of sp³-hybridized carbons (Fsp3) is 0.583. The fourth-order valence-electron chi connectivity index (χ4n) is 1.72. The fourth-order valence-corrected chi connectivity index (χ4v) is 1.96. The first-order valence-electron chi connectivity index (χ1n) is 5.45. The van der Waals surface area contributed by atoms with Crippen LogP contribution in [0.15, 0.2) is 16.9 Å². The summed E-state index contributed by atoms with van der Waals surface area (Å²) in [5, 5.41) is 0. The monoisotopic (exact) mass is 225 g/mol. The molecule has 0 fully saturated rings. The molecule has 3 heteroatoms. The van der Waals surface area contributed by atoms with E-state index >= 15 is 0 Å². The van der Waals surface area contributed by atoms with Crippen LogP contribution in [-0.2, 0) is 12.3 Å². The van der Waals surface area contributed by atoms with Gasteiger partial charge in [-0.3, -0.25) is 4.79 Å². The highest BCUT2D eigenvalue weighted by Gasteiger charge is 2.09. The molecular weight excluding hydrogens is 206 g/mol. The highest BCUT2D eigenvalue weighted by molar-refractivity contribution is 7.79. The van der Waals surface area contributed by atoms with E-state index in [0.717, 1.165) is 24.2 Å². The minimum atomic E-state index is 0.123. The Bertz CT molecular complexity index is 382. The van der Waals surface area contributed by atoms with Gasteiger partial charge in [0, 0.05) is 23.6 Å². The van der Waals surface area contributed by atoms with Crippen LogP contribution in [0.4, 0.5) is 0 Å². The molecule has 2 nitrogen and oxygen atoms in total. The third-order valence-corrected chi connectivity index (χ3v) is 2.84. The molecule has 1 rings (SSSR count). The molecule has 0 atom stereocenters. The van der Waals surface area contributed by atoms with Crippen molar-refractivity contribution in [1.82, 2.24) is 4.57 Å². The van der Waals surface area contributed by atoms with E-state index in [1.807, 2.05) is 16.7 Å². The van der Waals surface area contributed by atoms with Crippen molar-refractivity contribution in [2.75, 3.05) is 0 Å². The van der Waals surface area contributed by atoms with Crippen LogP contribution in [0.5, 0.6) is 0 Å². The lowest BCUT2D eigenvalue weighted by molar-refractivity contribution is 0.592. The molecular formula is C12H19NOS. The van der Waals surface area contributed by atoms with Gasteiger partial charge < -0.3 is 4.57 Å². The summed E-state index contributed by atoms with van der Waals surface area (Å²) in [7, 11) is 0. The third-order valence-electron chi connectivity index (χ3n) is 2.50. The number of thiol groups is 1. The summed E-state index contributed by atoms with van der Waals surface area (Å²) in [5.41, 5.74) is 2.03. The van der Waals surface area contributed by atoms with Gasteiger partial charge in [-0.25, -0.2) is 0 Å². The minimum Gasteiger partial charge on any atom is -0.312 e. The lowest BCUT2D eigenvalue weighted by Gasteiger charge is -2.15. The zero-order valence-corrected chi connectivity index (χ0v) is 10.6. The molecule has 0 aliphatic heterocycles. The van der Waals surface area contributed by atoms with E-state index in [0.29, 0.717) is 11.7 Å². The average molecular weight is 225 g/mol. The molecule has 0 saturated carbocycles. The van der Waals surface area contributed by atoms with Gasteiger partial charge in [0.15, 0.2) is 0 Å². The van der Waals surface area contributed by atoms with Crippen LogP contribution in [0.2, 0.25) is 0 Å². The molecule has 1 aromatic heterocycles. The molecule has 0 spiro atoms. The molecule has 0 radical (unpaired) electrons. The number of nitrogens with zero attached hydrogens (tertiary/aromatic N) is 1. The zero-order valence-electron chi connectivity index (χ0n) is 9.66. The lowest BCUT2D eigenvalue weighted by atomic mass is 10.1. The highest BCUT2D eigenvalue weighted by atomic mass is 32.1. The Kier molecular flexibility index (Phi) is 4.45. The molecule has 0 aliphatic rings. The Morgan fingerprint density at radius 1 is 1.40 bits per heavy atom. The second kappa shape index (κ2) is 5.40. The van der Waals surface area contributed by atoms with Crippen LogP contribution in [0.25, 0.3) is 0 Å². The molecule has 0 unspecified atom stereocenters. The van der Waals surface area contributed by atoms with E-state index in [9.17, 15) is 4.79 Å². The maximum absolute atomic E-state index is 12.0. The van der Waals surface area contributed by atoms with E-state index in [-0.39, 0.29) is 5.56 Å². The number of pyridine rings is 1. The van der Waals surface area contributed by atoms with Crippen LogP contribution >= 0.6 is 12.6 Å². The first kappa shape index (κ1) is 12.4. The Labute approximate surface area is 96.7 Å². The van der Waals surface area contributed by atoms with Gasteiger partial charge in [0.1, 0.15) is 0 Å². The second-order valence-corrected chi connectivity index (χ2v) is 4.37. The number of hydrogen-bond acceptors (Lipinski definition) is 2. The topological polar surface area (TPSA) is 22.0 Å². The number of hydrogen-bond donors (Lipinski definition) is 1. The largest absolute Gasteiger partial charge is 0.312 e. The molecule has 0 amide bonds. The van der Waals surface area contributed by atoms with Gasteiger partial charge in [0.25, 0.3) is 5.56 Å². The Hall–Kier alpha value is -0.700. The van der Waals surface area contributed by atoms with Crippen LogP contribution in [0.3, 0.4) is 0 Å². The summed E-state index contributed by atoms with van der Waals surface area (Å²) in [5.74, 6) is 0.902. The molecule has 1 heterocycles. The van der Waals surface area contributed by atoms with Crippen molar-refractivity contribution < 1.29 is 0 Å². The summed E-state index contributed by atoms with van der Waals surface area (Å²) in [6.07, 6.45) is 0.982. The zero-order chi connectivity index (χ0) is 11.4. The van der Waals surface area contributed by atoms with Crippen LogP contribution < -0.4 is 5.56 Å². The van der Waals surface area contributed by atoms with Crippen molar-refractivity contribution in [3.8, 4) is 0 Å². The van der Waals surface area contributed by atoms with Crippen molar-refractivity contribution in [1.29, 1.82) is 0 Å². The predicted octanol–water partition coefficient (Wildman–Crippen LogP) is 2.81. The SMILES string of the molecule is CCCn1c(C(C)C)ccc(CS)c1=O. The molecule has 1 aromatic rings. The van der Waals surface area contributed by atoms with E-state index in [4.69, 9.17) is 0 Å². The summed E-state index contributed by atoms with van der Waals surface area (Å²) in [6, 6.07) is 3.95. The van der Waals surface area contributed by atoms with Gasteiger partial charge in [-0.05, 0) is 18.4 Å². The van der Waals surface area contributed by atoms with E-state index in [1.54, 1.807) is 0 Å². The average Bonchev–Trinajstić information content (AvgIpc) is 2.20. The Morgan fingerprint density at radius 2 is 2.07 bits per heavy atom. The van der Waals surface area contributed by atoms with Gasteiger partial charge in [-0.1, -0.05) is 26.8 Å². The Morgan fingerprint density at radius 3 is 2.53 bits per heavy atom. The molecule has 84 valence electrons. The van der Waals surface area contributed by atoms with Crippen molar-refractivity contribution in [2.24, 2.45) is 0 Å². The predicted molar refractivity (Wildman–Crippen MR) is 67.8 cm³/mol. The standard InChI is InChI=1S/C12H19NOS/c1-4-7-13-11(9(2)3)6-5-10(8-15)12(13)14/h5-6,9,15H,4,7-8H2,1-3H3. The molecule has 15 heavy (non-hydrogen) atoms. The smallest absolute Gasteiger partial charge is 0.254 e. The van der Waals surface area contributed by atoms with Crippen molar-refractivity contribution in [3.05, 3.63) is 33.7 Å². The lowest BCUT2D eigenvalue weighted by Crippen LogP contribution is -2.26. The van der Waals surface area contributed by atoms with Gasteiger partial charge >= 0.3 is 0 Å². The molecule has 0 N–H and O–H groups in total. The normalized spacial score (nSPS) is 11.0. The van der Waals surface area contributed by atoms with Gasteiger partial charge in [0.2, 0.25) is 0 Å². The van der Waals surface area contributed by atoms with Crippen LogP contribution in [0.1, 0.15) is 44.4 Å². The summed E-state index contributed by atoms with van der Waals surface area (Å²) < 4.78 is 1.89. The van der Waals surface area contributed by atoms with Crippen molar-refractivity contribution in [3.63, 3.8) is 0 Å². The molecule has 0 aromatic carbocycles. The van der Waals surface area contributed by atoms with Gasteiger partial charge in [0.05, 0.1) is 0 Å². The highest BCUT2D eigenvalue weighted by Crippen LogP contribution is 2.13. The van der Waals surface area contributed by atoms with Crippen LogP contribution in [-0.4, -0.2) is 4.57 Å². The third kappa shape index (κ3) is 2.65. The van der Waals surface area contributed by atoms with Gasteiger partial charge in [-0.2, -0.15) is 12.6 Å². The summed E-state index contributed by atoms with van der Waals surface area (Å²) >= 11 is 4.17. The van der Waals surface area contributed by atoms with Gasteiger partial charge in [-0.15, -0.1) is 0 Å². The van der Waals surface area contributed by atoms with E-state index in [1.165, 1.54) is 0 Å². The first-order chi connectivity index (χ1) is 7.11. The van der Waals surface area contributed by atoms with Crippen molar-refractivity contribution in [2.45, 2.75) is 45.4 Å². The van der Waals surface area contributed by atoms with E-state index in [2.05, 4.69) is 33.4 Å². The quantitative estimate of drug-likeness (QED) is 0.782. The Balaban J connectivity index is 3.31. The molecule has 0 saturated heterocycles. The van der Waals surface area contributed by atoms with Crippen LogP contribution in [0, 0.1) is 0 Å². The van der Waals surface area contributed by atoms with Crippen molar-refractivity contribution >= 4 is 12.6 Å².